The summed E-state index contributed by atoms with van der Waals surface area (Å²) in [4.78, 5) is 37.3. The summed E-state index contributed by atoms with van der Waals surface area (Å²) in [6.07, 6.45) is -4.52. The molecule has 1 aromatic carbocycles. The molecule has 150 valence electrons. The zero-order valence-electron chi connectivity index (χ0n) is 15.7. The van der Waals surface area contributed by atoms with E-state index in [1.54, 1.807) is 0 Å². The lowest BCUT2D eigenvalue weighted by Crippen LogP contribution is -2.39. The minimum Gasteiger partial charge on any atom is -0.347 e. The van der Waals surface area contributed by atoms with Gasteiger partial charge in [-0.15, -0.1) is 0 Å². The van der Waals surface area contributed by atoms with E-state index >= 15 is 0 Å². The molecule has 0 unspecified atom stereocenters. The number of halogens is 3. The van der Waals surface area contributed by atoms with Crippen molar-refractivity contribution >= 4 is 17.6 Å². The summed E-state index contributed by atoms with van der Waals surface area (Å²) in [5.74, 6) is -2.31. The van der Waals surface area contributed by atoms with Crippen molar-refractivity contribution in [3.05, 3.63) is 46.8 Å². The van der Waals surface area contributed by atoms with Gasteiger partial charge in [-0.05, 0) is 32.0 Å². The van der Waals surface area contributed by atoms with Crippen LogP contribution in [-0.2, 0) is 15.8 Å². The molecule has 10 heteroatoms. The van der Waals surface area contributed by atoms with Crippen molar-refractivity contribution in [3.8, 4) is 5.69 Å². The van der Waals surface area contributed by atoms with Gasteiger partial charge in [0.1, 0.15) is 0 Å². The number of Topliss-reactive ketones (excluding diaryl/α,β-unsaturated/α-hetero) is 1. The molecule has 0 radical (unpaired) electrons. The quantitative estimate of drug-likeness (QED) is 0.618. The van der Waals surface area contributed by atoms with Gasteiger partial charge in [0, 0.05) is 14.1 Å². The highest BCUT2D eigenvalue weighted by Crippen LogP contribution is 2.30. The first-order valence-corrected chi connectivity index (χ1v) is 8.20. The molecule has 2 rings (SSSR count). The number of hydrogen-bond donors (Lipinski definition) is 1. The lowest BCUT2D eigenvalue weighted by Gasteiger charge is -2.11. The van der Waals surface area contributed by atoms with Crippen molar-refractivity contribution in [2.45, 2.75) is 20.0 Å². The van der Waals surface area contributed by atoms with Crippen LogP contribution in [0.4, 0.5) is 13.2 Å². The number of alkyl halides is 3. The van der Waals surface area contributed by atoms with Crippen molar-refractivity contribution in [2.75, 3.05) is 20.6 Å². The number of benzene rings is 1. The van der Waals surface area contributed by atoms with Gasteiger partial charge in [0.05, 0.1) is 34.7 Å². The first-order chi connectivity index (χ1) is 12.9. The van der Waals surface area contributed by atoms with Gasteiger partial charge in [0.2, 0.25) is 5.91 Å². The molecule has 0 saturated carbocycles. The predicted octanol–water partition coefficient (Wildman–Crippen LogP) is 1.90. The Morgan fingerprint density at radius 3 is 2.39 bits per heavy atom. The molecule has 7 nitrogen and oxygen atoms in total. The average Bonchev–Trinajstić information content (AvgIpc) is 2.92. The van der Waals surface area contributed by atoms with E-state index in [4.69, 9.17) is 0 Å². The molecule has 0 aliphatic rings. The molecule has 1 heterocycles. The van der Waals surface area contributed by atoms with Gasteiger partial charge in [-0.1, -0.05) is 6.07 Å². The largest absolute Gasteiger partial charge is 0.416 e. The molecule has 0 spiro atoms. The van der Waals surface area contributed by atoms with E-state index in [1.807, 2.05) is 0 Å². The monoisotopic (exact) mass is 396 g/mol. The summed E-state index contributed by atoms with van der Waals surface area (Å²) in [6.45, 7) is 2.60. The van der Waals surface area contributed by atoms with E-state index in [0.717, 1.165) is 12.1 Å². The molecule has 28 heavy (non-hydrogen) atoms. The Morgan fingerprint density at radius 2 is 1.82 bits per heavy atom. The number of nitrogens with one attached hydrogen (secondary N) is 1. The van der Waals surface area contributed by atoms with Gasteiger partial charge in [-0.25, -0.2) is 4.68 Å². The van der Waals surface area contributed by atoms with E-state index in [9.17, 15) is 27.6 Å². The molecule has 0 fully saturated rings. The van der Waals surface area contributed by atoms with Crippen LogP contribution in [0.2, 0.25) is 0 Å². The lowest BCUT2D eigenvalue weighted by atomic mass is 10.1. The Kier molecular flexibility index (Phi) is 5.91. The number of carbonyl (C=O) groups is 3. The molecule has 0 atom stereocenters. The maximum absolute atomic E-state index is 12.9. The van der Waals surface area contributed by atoms with Crippen molar-refractivity contribution in [1.29, 1.82) is 0 Å². The second-order valence-electron chi connectivity index (χ2n) is 6.31. The fourth-order valence-electron chi connectivity index (χ4n) is 2.54. The fourth-order valence-corrected chi connectivity index (χ4v) is 2.54. The second-order valence-corrected chi connectivity index (χ2v) is 6.31. The van der Waals surface area contributed by atoms with Gasteiger partial charge >= 0.3 is 6.18 Å². The second kappa shape index (κ2) is 7.83. The van der Waals surface area contributed by atoms with Crippen LogP contribution in [0.5, 0.6) is 0 Å². The summed E-state index contributed by atoms with van der Waals surface area (Å²) in [6, 6.07) is 4.48. The number of amides is 2. The zero-order valence-corrected chi connectivity index (χ0v) is 15.7. The van der Waals surface area contributed by atoms with Crippen LogP contribution < -0.4 is 5.32 Å². The smallest absolute Gasteiger partial charge is 0.347 e. The third-order valence-electron chi connectivity index (χ3n) is 4.04. The number of aromatic nitrogens is 2. The molecule has 0 bridgehead atoms. The third-order valence-corrected chi connectivity index (χ3v) is 4.04. The van der Waals surface area contributed by atoms with Gasteiger partial charge in [-0.2, -0.15) is 18.3 Å². The van der Waals surface area contributed by atoms with E-state index in [2.05, 4.69) is 10.4 Å². The molecular weight excluding hydrogens is 377 g/mol. The van der Waals surface area contributed by atoms with Gasteiger partial charge in [0.25, 0.3) is 11.7 Å². The van der Waals surface area contributed by atoms with Crippen molar-refractivity contribution in [3.63, 3.8) is 0 Å². The summed E-state index contributed by atoms with van der Waals surface area (Å²) in [7, 11) is 3.01. The van der Waals surface area contributed by atoms with Gasteiger partial charge in [-0.3, -0.25) is 14.4 Å². The highest BCUT2D eigenvalue weighted by atomic mass is 19.4. The molecule has 0 aliphatic heterocycles. The van der Waals surface area contributed by atoms with Crippen molar-refractivity contribution in [1.82, 2.24) is 20.0 Å². The number of ketones is 1. The lowest BCUT2D eigenvalue weighted by molar-refractivity contribution is -0.137. The highest BCUT2D eigenvalue weighted by Gasteiger charge is 2.31. The minimum atomic E-state index is -4.52. The van der Waals surface area contributed by atoms with Crippen molar-refractivity contribution < 1.29 is 27.6 Å². The standard InChI is InChI=1S/C18H19F3N4O3/c1-10-15(16(27)17(28)22-9-14(26)24(3)4)11(2)25(23-10)13-7-5-6-12(8-13)18(19,20)21/h5-8H,9H2,1-4H3,(H,22,28). The molecular formula is C18H19F3N4O3. The first kappa shape index (κ1) is 21.1. The normalized spacial score (nSPS) is 11.2. The summed E-state index contributed by atoms with van der Waals surface area (Å²) in [5, 5.41) is 6.33. The SMILES string of the molecule is Cc1nn(-c2cccc(C(F)(F)F)c2)c(C)c1C(=O)C(=O)NCC(=O)N(C)C. The van der Waals surface area contributed by atoms with Crippen LogP contribution in [0.3, 0.4) is 0 Å². The molecule has 2 aromatic rings. The topological polar surface area (TPSA) is 84.3 Å². The van der Waals surface area contributed by atoms with Crippen LogP contribution in [-0.4, -0.2) is 52.9 Å². The predicted molar refractivity (Wildman–Crippen MR) is 94.1 cm³/mol. The van der Waals surface area contributed by atoms with E-state index in [-0.39, 0.29) is 29.2 Å². The van der Waals surface area contributed by atoms with Crippen LogP contribution >= 0.6 is 0 Å². The number of hydrogen-bond acceptors (Lipinski definition) is 4. The Hall–Kier alpha value is -3.17. The number of likely N-dealkylation sites (N-methyl/N-ethyl adjacent to an activating group) is 1. The maximum atomic E-state index is 12.9. The zero-order chi connectivity index (χ0) is 21.2. The highest BCUT2D eigenvalue weighted by molar-refractivity contribution is 6.43. The Labute approximate surface area is 159 Å². The van der Waals surface area contributed by atoms with Gasteiger partial charge in [0.15, 0.2) is 0 Å². The molecule has 1 aromatic heterocycles. The number of carbonyl (C=O) groups excluding carboxylic acids is 3. The van der Waals surface area contributed by atoms with Crippen LogP contribution in [0.25, 0.3) is 5.69 Å². The third kappa shape index (κ3) is 4.38. The van der Waals surface area contributed by atoms with Crippen LogP contribution in [0.15, 0.2) is 24.3 Å². The summed E-state index contributed by atoms with van der Waals surface area (Å²) in [5.41, 5.74) is -0.361. The molecule has 1 N–H and O–H groups in total. The Balaban J connectivity index is 2.32. The Bertz CT molecular complexity index is 933. The van der Waals surface area contributed by atoms with E-state index < -0.39 is 29.3 Å². The average molecular weight is 396 g/mol. The minimum absolute atomic E-state index is 0.0211. The van der Waals surface area contributed by atoms with Crippen LogP contribution in [0.1, 0.15) is 27.3 Å². The Morgan fingerprint density at radius 1 is 1.18 bits per heavy atom. The number of nitrogens with zero attached hydrogens (tertiary/aromatic N) is 3. The number of rotatable bonds is 5. The maximum Gasteiger partial charge on any atom is 0.416 e. The van der Waals surface area contributed by atoms with E-state index in [0.29, 0.717) is 0 Å². The van der Waals surface area contributed by atoms with Gasteiger partial charge < -0.3 is 10.2 Å². The van der Waals surface area contributed by atoms with E-state index in [1.165, 1.54) is 49.7 Å². The summed E-state index contributed by atoms with van der Waals surface area (Å²) >= 11 is 0. The summed E-state index contributed by atoms with van der Waals surface area (Å²) < 4.78 is 40.0. The van der Waals surface area contributed by atoms with Crippen molar-refractivity contribution in [2.24, 2.45) is 0 Å². The number of aryl methyl sites for hydroxylation is 1. The fraction of sp³-hybridized carbons (Fsp3) is 0.333. The molecule has 2 amide bonds. The molecule has 0 saturated heterocycles. The first-order valence-electron chi connectivity index (χ1n) is 8.20. The molecule has 0 aliphatic carbocycles. The van der Waals surface area contributed by atoms with Crippen LogP contribution in [0, 0.1) is 13.8 Å².